The minimum absolute atomic E-state index is 0.00455. The van der Waals surface area contributed by atoms with Crippen molar-refractivity contribution in [2.24, 2.45) is 7.05 Å². The van der Waals surface area contributed by atoms with Gasteiger partial charge in [-0.2, -0.15) is 10.5 Å². The molecule has 2 heterocycles. The van der Waals surface area contributed by atoms with E-state index in [0.717, 1.165) is 5.69 Å². The summed E-state index contributed by atoms with van der Waals surface area (Å²) in [5, 5.41) is 20.7. The number of nitrogens with zero attached hydrogens (tertiary/aromatic N) is 5. The highest BCUT2D eigenvalue weighted by Gasteiger charge is 2.36. The van der Waals surface area contributed by atoms with E-state index >= 15 is 0 Å². The van der Waals surface area contributed by atoms with Gasteiger partial charge in [-0.15, -0.1) is 0 Å². The van der Waals surface area contributed by atoms with Crippen molar-refractivity contribution in [3.05, 3.63) is 57.8 Å². The van der Waals surface area contributed by atoms with E-state index in [1.54, 1.807) is 33.3 Å². The fraction of sp³-hybridized carbons (Fsp3) is 0.429. The Morgan fingerprint density at radius 2 is 1.78 bits per heavy atom. The fourth-order valence-electron chi connectivity index (χ4n) is 5.09. The van der Waals surface area contributed by atoms with Crippen LogP contribution in [0.5, 0.6) is 5.75 Å². The van der Waals surface area contributed by atoms with Crippen LogP contribution < -0.4 is 20.5 Å². The van der Waals surface area contributed by atoms with Crippen molar-refractivity contribution in [2.45, 2.75) is 57.0 Å². The predicted octanol–water partition coefficient (Wildman–Crippen LogP) is 4.85. The molecule has 1 aromatic carbocycles. The molecule has 0 amide bonds. The largest absolute Gasteiger partial charge is 0.494 e. The minimum atomic E-state index is -0.388. The molecule has 1 N–H and O–H groups in total. The summed E-state index contributed by atoms with van der Waals surface area (Å²) < 4.78 is 20.1. The number of anilines is 2. The molecule has 0 spiro atoms. The van der Waals surface area contributed by atoms with Gasteiger partial charge in [0.05, 0.1) is 24.0 Å². The number of hydrogen-bond donors (Lipinski definition) is 1. The Morgan fingerprint density at radius 3 is 2.38 bits per heavy atom. The molecular weight excluding hydrogens is 471 g/mol. The quantitative estimate of drug-likeness (QED) is 0.531. The number of methoxy groups -OCH3 is 1. The summed E-state index contributed by atoms with van der Waals surface area (Å²) >= 11 is 0. The Labute approximate surface area is 215 Å². The summed E-state index contributed by atoms with van der Waals surface area (Å²) in [6.45, 7) is 0. The molecule has 2 saturated carbocycles. The number of ether oxygens (including phenoxy) is 1. The van der Waals surface area contributed by atoms with E-state index in [2.05, 4.69) is 15.2 Å². The summed E-state index contributed by atoms with van der Waals surface area (Å²) in [4.78, 5) is 18.6. The lowest BCUT2D eigenvalue weighted by Crippen LogP contribution is -2.38. The second-order valence-electron chi connectivity index (χ2n) is 9.40. The number of nitriles is 2. The first-order valence-electron chi connectivity index (χ1n) is 12.6. The lowest BCUT2D eigenvalue weighted by atomic mass is 9.93. The molecule has 0 radical (unpaired) electrons. The lowest BCUT2D eigenvalue weighted by molar-refractivity contribution is 0.391. The molecular formula is C28H31FN6O2. The van der Waals surface area contributed by atoms with E-state index < -0.39 is 0 Å². The zero-order valence-corrected chi connectivity index (χ0v) is 21.4. The Hall–Kier alpha value is -4.11. The van der Waals surface area contributed by atoms with Gasteiger partial charge in [0.1, 0.15) is 40.5 Å². The third-order valence-corrected chi connectivity index (χ3v) is 7.05. The smallest absolute Gasteiger partial charge is 0.270 e. The molecule has 8 nitrogen and oxygen atoms in total. The monoisotopic (exact) mass is 502 g/mol. The van der Waals surface area contributed by atoms with Gasteiger partial charge in [-0.1, -0.05) is 19.3 Å². The molecule has 3 aromatic rings. The molecule has 0 saturated heterocycles. The Balaban J connectivity index is 0.000000173. The molecule has 5 rings (SSSR count). The molecule has 2 aliphatic rings. The van der Waals surface area contributed by atoms with Gasteiger partial charge >= 0.3 is 0 Å². The summed E-state index contributed by atoms with van der Waals surface area (Å²) in [5.74, 6) is 0.456. The van der Waals surface area contributed by atoms with Crippen molar-refractivity contribution in [1.29, 1.82) is 10.5 Å². The number of aromatic nitrogens is 2. The molecule has 0 aliphatic heterocycles. The number of aryl methyl sites for hydroxylation is 1. The van der Waals surface area contributed by atoms with E-state index in [-0.39, 0.29) is 22.6 Å². The third kappa shape index (κ3) is 5.36. The van der Waals surface area contributed by atoms with Crippen molar-refractivity contribution in [2.75, 3.05) is 24.4 Å². The van der Waals surface area contributed by atoms with Crippen LogP contribution in [0, 0.1) is 28.5 Å². The zero-order chi connectivity index (χ0) is 26.5. The summed E-state index contributed by atoms with van der Waals surface area (Å²) in [5.41, 5.74) is 2.29. The van der Waals surface area contributed by atoms with Crippen LogP contribution in [0.4, 0.5) is 15.8 Å². The number of benzene rings is 1. The van der Waals surface area contributed by atoms with Crippen LogP contribution >= 0.6 is 0 Å². The van der Waals surface area contributed by atoms with Crippen LogP contribution in [-0.4, -0.2) is 35.8 Å². The van der Waals surface area contributed by atoms with E-state index in [9.17, 15) is 9.18 Å². The molecule has 2 aromatic heterocycles. The normalized spacial score (nSPS) is 15.2. The number of halogens is 1. The second-order valence-corrected chi connectivity index (χ2v) is 9.40. The Bertz CT molecular complexity index is 1430. The van der Waals surface area contributed by atoms with Gasteiger partial charge in [-0.25, -0.2) is 9.37 Å². The first-order valence-corrected chi connectivity index (χ1v) is 12.6. The van der Waals surface area contributed by atoms with Gasteiger partial charge in [0.15, 0.2) is 0 Å². The molecule has 0 atom stereocenters. The van der Waals surface area contributed by atoms with Gasteiger partial charge < -0.3 is 19.5 Å². The molecule has 0 bridgehead atoms. The van der Waals surface area contributed by atoms with Crippen molar-refractivity contribution in [3.63, 3.8) is 0 Å². The molecule has 9 heteroatoms. The van der Waals surface area contributed by atoms with Crippen molar-refractivity contribution < 1.29 is 9.13 Å². The Kier molecular flexibility index (Phi) is 7.93. The number of hydrogen-bond acceptors (Lipinski definition) is 7. The first kappa shape index (κ1) is 26.0. The molecule has 0 unspecified atom stereocenters. The zero-order valence-electron chi connectivity index (χ0n) is 21.4. The number of rotatable bonds is 5. The average molecular weight is 503 g/mol. The topological polar surface area (TPSA) is 107 Å². The Morgan fingerprint density at radius 1 is 1.08 bits per heavy atom. The molecule has 2 aliphatic carbocycles. The van der Waals surface area contributed by atoms with Crippen molar-refractivity contribution >= 4 is 22.4 Å². The maximum atomic E-state index is 13.4. The van der Waals surface area contributed by atoms with Crippen LogP contribution in [0.2, 0.25) is 0 Å². The maximum absolute atomic E-state index is 13.4. The van der Waals surface area contributed by atoms with Gasteiger partial charge in [-0.3, -0.25) is 4.79 Å². The molecule has 37 heavy (non-hydrogen) atoms. The van der Waals surface area contributed by atoms with E-state index in [4.69, 9.17) is 15.3 Å². The number of pyridine rings is 2. The predicted molar refractivity (Wildman–Crippen MR) is 141 cm³/mol. The van der Waals surface area contributed by atoms with Gasteiger partial charge in [0, 0.05) is 32.2 Å². The average Bonchev–Trinajstić information content (AvgIpc) is 3.77. The SMILES string of the molecule is CNc1c(C#N)c(=O)n(C)c2ccc(C#N)nc12.COc1cc(F)ccc1N(C1CCCCC1)C1CC1. The van der Waals surface area contributed by atoms with Crippen molar-refractivity contribution in [1.82, 2.24) is 9.55 Å². The van der Waals surface area contributed by atoms with Crippen molar-refractivity contribution in [3.8, 4) is 17.9 Å². The molecule has 192 valence electrons. The maximum Gasteiger partial charge on any atom is 0.270 e. The number of nitrogens with one attached hydrogen (secondary N) is 1. The second kappa shape index (κ2) is 11.3. The van der Waals surface area contributed by atoms with Gasteiger partial charge in [-0.05, 0) is 49.9 Å². The first-order chi connectivity index (χ1) is 17.9. The fourth-order valence-corrected chi connectivity index (χ4v) is 5.09. The van der Waals surface area contributed by atoms with Crippen LogP contribution in [0.25, 0.3) is 11.0 Å². The minimum Gasteiger partial charge on any atom is -0.494 e. The number of fused-ring (bicyclic) bond motifs is 1. The summed E-state index contributed by atoms with van der Waals surface area (Å²) in [6, 6.07) is 13.2. The van der Waals surface area contributed by atoms with Gasteiger partial charge in [0.25, 0.3) is 5.56 Å². The van der Waals surface area contributed by atoms with E-state index in [1.807, 2.05) is 18.2 Å². The summed E-state index contributed by atoms with van der Waals surface area (Å²) in [6.07, 6.45) is 9.03. The van der Waals surface area contributed by atoms with E-state index in [1.165, 1.54) is 61.6 Å². The van der Waals surface area contributed by atoms with Gasteiger partial charge in [0.2, 0.25) is 0 Å². The van der Waals surface area contributed by atoms with E-state index in [0.29, 0.717) is 34.6 Å². The summed E-state index contributed by atoms with van der Waals surface area (Å²) in [7, 11) is 4.80. The highest BCUT2D eigenvalue weighted by atomic mass is 19.1. The highest BCUT2D eigenvalue weighted by molar-refractivity contribution is 5.91. The third-order valence-electron chi connectivity index (χ3n) is 7.05. The molecule has 2 fully saturated rings. The highest BCUT2D eigenvalue weighted by Crippen LogP contribution is 2.41. The standard InChI is InChI=1S/C16H22FNO.C12H9N5O/c1-19-16-11-12(17)7-10-15(16)18(14-8-9-14)13-5-3-2-4-6-13;1-15-10-8(6-14)12(18)17(2)9-4-3-7(5-13)16-11(9)10/h7,10-11,13-14H,2-6,8-9H2,1H3;3-4,15H,1-2H3. The lowest BCUT2D eigenvalue weighted by Gasteiger charge is -2.37. The van der Waals surface area contributed by atoms with Crippen LogP contribution in [-0.2, 0) is 7.05 Å². The van der Waals surface area contributed by atoms with Crippen LogP contribution in [0.1, 0.15) is 56.2 Å². The van der Waals surface area contributed by atoms with Crippen LogP contribution in [0.15, 0.2) is 35.1 Å². The van der Waals surface area contributed by atoms with Crippen LogP contribution in [0.3, 0.4) is 0 Å².